The smallest absolute Gasteiger partial charge is 0.287 e. The molecule has 0 saturated heterocycles. The molecule has 92 valence electrons. The van der Waals surface area contributed by atoms with Crippen molar-refractivity contribution in [3.8, 4) is 0 Å². The number of rotatable bonds is 5. The van der Waals surface area contributed by atoms with Gasteiger partial charge in [0.05, 0.1) is 27.6 Å². The standard InChI is InChI=1S/C11H9N3O3S/c15-10(7-18-11-3-1-2-4-12-11)9-5-8(6-13-9)14(16)17/h1-6,13H,7H2. The average Bonchev–Trinajstić information content (AvgIpc) is 2.87. The van der Waals surface area contributed by atoms with Gasteiger partial charge in [0.2, 0.25) is 0 Å². The molecule has 0 radical (unpaired) electrons. The van der Waals surface area contributed by atoms with Crippen molar-refractivity contribution in [3.05, 3.63) is 52.5 Å². The first-order chi connectivity index (χ1) is 8.66. The molecule has 0 aliphatic heterocycles. The van der Waals surface area contributed by atoms with Crippen LogP contribution in [-0.4, -0.2) is 26.4 Å². The van der Waals surface area contributed by atoms with Crippen LogP contribution >= 0.6 is 11.8 Å². The molecule has 0 aromatic carbocycles. The highest BCUT2D eigenvalue weighted by Gasteiger charge is 2.14. The maximum Gasteiger partial charge on any atom is 0.287 e. The number of nitro groups is 1. The second-order valence-corrected chi connectivity index (χ2v) is 4.40. The number of nitrogens with zero attached hydrogens (tertiary/aromatic N) is 2. The molecular weight excluding hydrogens is 254 g/mol. The predicted molar refractivity (Wildman–Crippen MR) is 66.7 cm³/mol. The Morgan fingerprint density at radius 2 is 2.33 bits per heavy atom. The Hall–Kier alpha value is -2.15. The van der Waals surface area contributed by atoms with Crippen molar-refractivity contribution in [1.29, 1.82) is 0 Å². The molecule has 0 aliphatic carbocycles. The Morgan fingerprint density at radius 3 is 2.94 bits per heavy atom. The van der Waals surface area contributed by atoms with Gasteiger partial charge in [0.15, 0.2) is 5.78 Å². The minimum Gasteiger partial charge on any atom is -0.353 e. The summed E-state index contributed by atoms with van der Waals surface area (Å²) in [6.07, 6.45) is 2.85. The van der Waals surface area contributed by atoms with Crippen LogP contribution in [0.3, 0.4) is 0 Å². The molecule has 0 spiro atoms. The molecule has 18 heavy (non-hydrogen) atoms. The SMILES string of the molecule is O=C(CSc1ccccn1)c1cc([N+](=O)[O-])c[nH]1. The number of hydrogen-bond donors (Lipinski definition) is 1. The van der Waals surface area contributed by atoms with E-state index in [0.29, 0.717) is 0 Å². The fraction of sp³-hybridized carbons (Fsp3) is 0.0909. The Bertz CT molecular complexity index is 568. The maximum absolute atomic E-state index is 11.8. The highest BCUT2D eigenvalue weighted by molar-refractivity contribution is 7.99. The number of thioether (sulfide) groups is 1. The highest BCUT2D eigenvalue weighted by Crippen LogP contribution is 2.18. The Morgan fingerprint density at radius 1 is 1.50 bits per heavy atom. The maximum atomic E-state index is 11.8. The van der Waals surface area contributed by atoms with E-state index in [9.17, 15) is 14.9 Å². The van der Waals surface area contributed by atoms with Crippen LogP contribution in [0.5, 0.6) is 0 Å². The van der Waals surface area contributed by atoms with E-state index in [2.05, 4.69) is 9.97 Å². The molecule has 1 N–H and O–H groups in total. The fourth-order valence-electron chi connectivity index (χ4n) is 1.30. The first kappa shape index (κ1) is 12.3. The van der Waals surface area contributed by atoms with Crippen molar-refractivity contribution in [2.45, 2.75) is 5.03 Å². The van der Waals surface area contributed by atoms with Gasteiger partial charge < -0.3 is 4.98 Å². The third kappa shape index (κ3) is 2.95. The fourth-order valence-corrected chi connectivity index (χ4v) is 2.04. The minimum absolute atomic E-state index is 0.110. The number of carbonyl (C=O) groups is 1. The zero-order valence-electron chi connectivity index (χ0n) is 9.20. The van der Waals surface area contributed by atoms with Crippen LogP contribution < -0.4 is 0 Å². The van der Waals surface area contributed by atoms with Gasteiger partial charge in [-0.05, 0) is 12.1 Å². The third-order valence-electron chi connectivity index (χ3n) is 2.17. The van der Waals surface area contributed by atoms with Gasteiger partial charge in [-0.15, -0.1) is 0 Å². The monoisotopic (exact) mass is 263 g/mol. The largest absolute Gasteiger partial charge is 0.353 e. The van der Waals surface area contributed by atoms with Crippen LogP contribution in [0, 0.1) is 10.1 Å². The average molecular weight is 263 g/mol. The van der Waals surface area contributed by atoms with Gasteiger partial charge >= 0.3 is 0 Å². The lowest BCUT2D eigenvalue weighted by atomic mass is 10.3. The summed E-state index contributed by atoms with van der Waals surface area (Å²) in [5.74, 6) is -0.00643. The zero-order valence-corrected chi connectivity index (χ0v) is 10.0. The summed E-state index contributed by atoms with van der Waals surface area (Å²) < 4.78 is 0. The van der Waals surface area contributed by atoms with E-state index in [0.717, 1.165) is 5.03 Å². The minimum atomic E-state index is -0.542. The number of carbonyl (C=O) groups excluding carboxylic acids is 1. The van der Waals surface area contributed by atoms with E-state index in [4.69, 9.17) is 0 Å². The van der Waals surface area contributed by atoms with Crippen LogP contribution in [-0.2, 0) is 0 Å². The van der Waals surface area contributed by atoms with Crippen LogP contribution in [0.25, 0.3) is 0 Å². The normalized spacial score (nSPS) is 10.2. The molecule has 0 unspecified atom stereocenters. The van der Waals surface area contributed by atoms with Crippen molar-refractivity contribution in [1.82, 2.24) is 9.97 Å². The van der Waals surface area contributed by atoms with E-state index in [1.165, 1.54) is 24.0 Å². The first-order valence-electron chi connectivity index (χ1n) is 5.06. The molecule has 0 fully saturated rings. The third-order valence-corrected chi connectivity index (χ3v) is 3.11. The molecule has 0 bridgehead atoms. The molecule has 2 aromatic heterocycles. The Labute approximate surface area is 107 Å². The molecule has 0 amide bonds. The molecule has 7 heteroatoms. The summed E-state index contributed by atoms with van der Waals surface area (Å²) in [5.41, 5.74) is 0.131. The summed E-state index contributed by atoms with van der Waals surface area (Å²) in [6.45, 7) is 0. The molecular formula is C11H9N3O3S. The van der Waals surface area contributed by atoms with E-state index in [-0.39, 0.29) is 22.9 Å². The van der Waals surface area contributed by atoms with E-state index < -0.39 is 4.92 Å². The molecule has 0 saturated carbocycles. The molecule has 0 aliphatic rings. The van der Waals surface area contributed by atoms with Gasteiger partial charge in [-0.2, -0.15) is 0 Å². The van der Waals surface area contributed by atoms with Crippen LogP contribution in [0.2, 0.25) is 0 Å². The molecule has 2 rings (SSSR count). The summed E-state index contributed by atoms with van der Waals surface area (Å²) >= 11 is 1.29. The van der Waals surface area contributed by atoms with Gasteiger partial charge in [-0.3, -0.25) is 14.9 Å². The topological polar surface area (TPSA) is 88.9 Å². The second kappa shape index (κ2) is 5.46. The summed E-state index contributed by atoms with van der Waals surface area (Å²) in [7, 11) is 0. The first-order valence-corrected chi connectivity index (χ1v) is 6.05. The van der Waals surface area contributed by atoms with Crippen LogP contribution in [0.4, 0.5) is 5.69 Å². The second-order valence-electron chi connectivity index (χ2n) is 3.41. The lowest BCUT2D eigenvalue weighted by Gasteiger charge is -1.98. The van der Waals surface area contributed by atoms with E-state index >= 15 is 0 Å². The number of aromatic amines is 1. The molecule has 2 heterocycles. The zero-order chi connectivity index (χ0) is 13.0. The van der Waals surface area contributed by atoms with Crippen molar-refractivity contribution in [2.75, 3.05) is 5.75 Å². The highest BCUT2D eigenvalue weighted by atomic mass is 32.2. The summed E-state index contributed by atoms with van der Waals surface area (Å²) in [5, 5.41) is 11.2. The summed E-state index contributed by atoms with van der Waals surface area (Å²) in [6, 6.07) is 6.66. The lowest BCUT2D eigenvalue weighted by molar-refractivity contribution is -0.384. The van der Waals surface area contributed by atoms with Crippen molar-refractivity contribution < 1.29 is 9.72 Å². The lowest BCUT2D eigenvalue weighted by Crippen LogP contribution is -2.02. The van der Waals surface area contributed by atoms with E-state index in [1.54, 1.807) is 18.3 Å². The van der Waals surface area contributed by atoms with Crippen molar-refractivity contribution in [3.63, 3.8) is 0 Å². The van der Waals surface area contributed by atoms with E-state index in [1.807, 2.05) is 6.07 Å². The van der Waals surface area contributed by atoms with Gasteiger partial charge in [0.25, 0.3) is 5.69 Å². The number of aromatic nitrogens is 2. The van der Waals surface area contributed by atoms with Gasteiger partial charge in [0, 0.05) is 12.3 Å². The number of hydrogen-bond acceptors (Lipinski definition) is 5. The number of Topliss-reactive ketones (excluding diaryl/α,β-unsaturated/α-hetero) is 1. The number of H-pyrrole nitrogens is 1. The van der Waals surface area contributed by atoms with Crippen molar-refractivity contribution in [2.24, 2.45) is 0 Å². The van der Waals surface area contributed by atoms with Crippen LogP contribution in [0.1, 0.15) is 10.5 Å². The molecule has 2 aromatic rings. The number of pyridine rings is 1. The van der Waals surface area contributed by atoms with Gasteiger partial charge in [-0.25, -0.2) is 4.98 Å². The molecule has 0 atom stereocenters. The molecule has 6 nitrogen and oxygen atoms in total. The van der Waals surface area contributed by atoms with Gasteiger partial charge in [0.1, 0.15) is 0 Å². The Balaban J connectivity index is 1.97. The predicted octanol–water partition coefficient (Wildman–Crippen LogP) is 2.29. The van der Waals surface area contributed by atoms with Gasteiger partial charge in [-0.1, -0.05) is 17.8 Å². The van der Waals surface area contributed by atoms with Crippen LogP contribution in [0.15, 0.2) is 41.7 Å². The quantitative estimate of drug-likeness (QED) is 0.387. The Kier molecular flexibility index (Phi) is 3.73. The summed E-state index contributed by atoms with van der Waals surface area (Å²) in [4.78, 5) is 28.4. The number of ketones is 1. The van der Waals surface area contributed by atoms with Crippen molar-refractivity contribution >= 4 is 23.2 Å². The number of nitrogens with one attached hydrogen (secondary N) is 1.